The van der Waals surface area contributed by atoms with Gasteiger partial charge in [0.1, 0.15) is 5.49 Å². The third-order valence-corrected chi connectivity index (χ3v) is 1.35. The van der Waals surface area contributed by atoms with Gasteiger partial charge in [-0.25, -0.2) is 0 Å². The summed E-state index contributed by atoms with van der Waals surface area (Å²) in [5.74, 6) is 0. The van der Waals surface area contributed by atoms with E-state index in [-0.39, 0.29) is 0 Å². The molecule has 0 amide bonds. The van der Waals surface area contributed by atoms with Crippen molar-refractivity contribution < 1.29 is 25.9 Å². The van der Waals surface area contributed by atoms with Crippen molar-refractivity contribution in [3.05, 3.63) is 29.9 Å². The summed E-state index contributed by atoms with van der Waals surface area (Å²) in [5.41, 5.74) is 1.03. The van der Waals surface area contributed by atoms with Gasteiger partial charge >= 0.3 is 0 Å². The molecule has 0 saturated carbocycles. The average Bonchev–Trinajstić information content (AvgIpc) is 2.16. The molecular weight excluding hydrogens is 308 g/mol. The van der Waals surface area contributed by atoms with Gasteiger partial charge in [0.05, 0.1) is 12.5 Å². The number of nitrogens with zero attached hydrogens (tertiary/aromatic N) is 2. The molecule has 1 aromatic rings. The Morgan fingerprint density at radius 2 is 1.50 bits per heavy atom. The molecule has 10 heteroatoms. The highest BCUT2D eigenvalue weighted by Crippen LogP contribution is 1.76. The highest BCUT2D eigenvalue weighted by atomic mass is 32.2. The van der Waals surface area contributed by atoms with Crippen LogP contribution in [0, 0.1) is 0 Å². The molecule has 1 aromatic heterocycles. The molecule has 0 aliphatic heterocycles. The summed E-state index contributed by atoms with van der Waals surface area (Å²) in [6.45, 7) is 2.88. The second-order valence-electron chi connectivity index (χ2n) is 3.61. The zero-order valence-corrected chi connectivity index (χ0v) is 13.4. The minimum atomic E-state index is -3.67. The molecule has 0 atom stereocenters. The van der Waals surface area contributed by atoms with Gasteiger partial charge in [-0.2, -0.15) is 16.8 Å². The molecule has 20 heavy (non-hydrogen) atoms. The average molecular weight is 328 g/mol. The molecule has 8 nitrogen and oxygen atoms in total. The maximum atomic E-state index is 9.19. The Morgan fingerprint density at radius 1 is 1.10 bits per heavy atom. The van der Waals surface area contributed by atoms with Crippen molar-refractivity contribution in [2.45, 2.75) is 6.92 Å². The normalized spacial score (nSPS) is 11.8. The summed E-state index contributed by atoms with van der Waals surface area (Å²) in [6, 6.07) is 5.99. The monoisotopic (exact) mass is 328 g/mol. The first-order valence-corrected chi connectivity index (χ1v) is 9.01. The van der Waals surface area contributed by atoms with Crippen LogP contribution in [0.5, 0.6) is 0 Å². The molecule has 0 fully saturated rings. The molecule has 1 heterocycles. The molecule has 0 aliphatic rings. The van der Waals surface area contributed by atoms with E-state index in [9.17, 15) is 16.8 Å². The number of aromatic nitrogens is 1. The van der Waals surface area contributed by atoms with Crippen molar-refractivity contribution in [2.75, 3.05) is 19.1 Å². The number of rotatable bonds is 1. The maximum Gasteiger partial charge on any atom is 0.261 e. The molecule has 0 bridgehead atoms. The van der Waals surface area contributed by atoms with Crippen molar-refractivity contribution >= 4 is 20.2 Å². The fourth-order valence-corrected chi connectivity index (χ4v) is 0.841. The van der Waals surface area contributed by atoms with E-state index in [1.165, 1.54) is 0 Å². The van der Waals surface area contributed by atoms with Crippen LogP contribution in [0.4, 0.5) is 0 Å². The Bertz CT molecular complexity index is 600. The first-order valence-electron chi connectivity index (χ1n) is 5.31. The van der Waals surface area contributed by atoms with Crippen LogP contribution >= 0.6 is 0 Å². The van der Waals surface area contributed by atoms with Crippen LogP contribution in [0.25, 0.3) is 0 Å². The largest absolute Gasteiger partial charge is 0.336 e. The molecule has 0 aliphatic carbocycles. The van der Waals surface area contributed by atoms with E-state index < -0.39 is 20.2 Å². The van der Waals surface area contributed by atoms with Crippen molar-refractivity contribution in [2.24, 2.45) is 12.0 Å². The van der Waals surface area contributed by atoms with E-state index in [0.29, 0.717) is 12.5 Å². The Balaban J connectivity index is 0. The lowest BCUT2D eigenvalue weighted by atomic mass is 10.5. The van der Waals surface area contributed by atoms with E-state index in [4.69, 9.17) is 9.11 Å². The van der Waals surface area contributed by atoms with Crippen LogP contribution in [0.3, 0.4) is 0 Å². The van der Waals surface area contributed by atoms with Crippen LogP contribution in [0.1, 0.15) is 6.92 Å². The quantitative estimate of drug-likeness (QED) is 0.696. The van der Waals surface area contributed by atoms with Gasteiger partial charge in [0.15, 0.2) is 0 Å². The molecule has 0 aromatic carbocycles. The third kappa shape index (κ3) is 25.6. The summed E-state index contributed by atoms with van der Waals surface area (Å²) >= 11 is 0. The minimum Gasteiger partial charge on any atom is -0.336 e. The van der Waals surface area contributed by atoms with Crippen LogP contribution in [0.15, 0.2) is 29.4 Å². The molecule has 0 saturated heterocycles. The van der Waals surface area contributed by atoms with Gasteiger partial charge in [0.25, 0.3) is 20.2 Å². The zero-order valence-electron chi connectivity index (χ0n) is 11.8. The Hall–Kier alpha value is -1.23. The summed E-state index contributed by atoms with van der Waals surface area (Å²) in [4.78, 5) is 4.27. The maximum absolute atomic E-state index is 9.19. The molecule has 1 rings (SSSR count). The lowest BCUT2D eigenvalue weighted by Crippen LogP contribution is -2.15. The predicted octanol–water partition coefficient (Wildman–Crippen LogP) is -0.0463. The van der Waals surface area contributed by atoms with Gasteiger partial charge in [-0.1, -0.05) is 6.07 Å². The van der Waals surface area contributed by atoms with Crippen molar-refractivity contribution in [3.63, 3.8) is 0 Å². The molecule has 118 valence electrons. The van der Waals surface area contributed by atoms with Crippen molar-refractivity contribution in [1.29, 1.82) is 0 Å². The lowest BCUT2D eigenvalue weighted by Gasteiger charge is -1.95. The van der Waals surface area contributed by atoms with E-state index in [0.717, 1.165) is 12.0 Å². The number of hydrogen-bond acceptors (Lipinski definition) is 5. The van der Waals surface area contributed by atoms with Crippen LogP contribution in [-0.2, 0) is 27.3 Å². The first kappa shape index (κ1) is 21.1. The summed E-state index contributed by atoms with van der Waals surface area (Å²) in [7, 11) is -5.34. The van der Waals surface area contributed by atoms with Gasteiger partial charge in [-0.15, -0.1) is 0 Å². The number of aryl methyl sites for hydroxylation is 1. The summed E-state index contributed by atoms with van der Waals surface area (Å²) < 4.78 is 53.7. The molecule has 0 spiro atoms. The summed E-state index contributed by atoms with van der Waals surface area (Å²) in [5, 5.41) is 0. The third-order valence-electron chi connectivity index (χ3n) is 1.35. The van der Waals surface area contributed by atoms with Crippen LogP contribution in [0.2, 0.25) is 0 Å². The first-order chi connectivity index (χ1) is 8.84. The smallest absolute Gasteiger partial charge is 0.261 e. The number of pyridine rings is 1. The molecule has 0 unspecified atom stereocenters. The van der Waals surface area contributed by atoms with Gasteiger partial charge in [0.2, 0.25) is 0 Å². The van der Waals surface area contributed by atoms with Gasteiger partial charge in [-0.3, -0.25) is 14.1 Å². The highest BCUT2D eigenvalue weighted by Gasteiger charge is 1.82. The van der Waals surface area contributed by atoms with E-state index in [1.807, 2.05) is 42.9 Å². The van der Waals surface area contributed by atoms with Crippen molar-refractivity contribution in [1.82, 2.24) is 4.57 Å². The Labute approximate surface area is 119 Å². The standard InChI is InChI=1S/C8H12N2.2CH4O3S/c1-3-9-8-6-4-5-7-10(8)2;2*1-5(2,3)4/h4-7H,3H2,1-2H3;2*1H3,(H,2,3,4). The van der Waals surface area contributed by atoms with Crippen molar-refractivity contribution in [3.8, 4) is 0 Å². The summed E-state index contributed by atoms with van der Waals surface area (Å²) in [6.07, 6.45) is 3.43. The molecular formula is C10H20N2O6S2. The van der Waals surface area contributed by atoms with Gasteiger partial charge in [0, 0.05) is 19.8 Å². The highest BCUT2D eigenvalue weighted by molar-refractivity contribution is 7.85. The van der Waals surface area contributed by atoms with Gasteiger partial charge < -0.3 is 4.57 Å². The Morgan fingerprint density at radius 3 is 1.80 bits per heavy atom. The SMILES string of the molecule is CCN=c1ccccn1C.CS(=O)(=O)O.CS(=O)(=O)O. The van der Waals surface area contributed by atoms with E-state index >= 15 is 0 Å². The fraction of sp³-hybridized carbons (Fsp3) is 0.500. The molecule has 0 radical (unpaired) electrons. The van der Waals surface area contributed by atoms with Gasteiger partial charge in [-0.05, 0) is 19.1 Å². The number of hydrogen-bond donors (Lipinski definition) is 2. The second kappa shape index (κ2) is 9.64. The zero-order chi connectivity index (χ0) is 16.4. The lowest BCUT2D eigenvalue weighted by molar-refractivity contribution is 0.488. The second-order valence-corrected chi connectivity index (χ2v) is 6.54. The Kier molecular flexibility index (Phi) is 10.2. The van der Waals surface area contributed by atoms with Crippen LogP contribution in [-0.4, -0.2) is 49.6 Å². The topological polar surface area (TPSA) is 126 Å². The van der Waals surface area contributed by atoms with E-state index in [1.54, 1.807) is 0 Å². The fourth-order valence-electron chi connectivity index (χ4n) is 0.841. The van der Waals surface area contributed by atoms with E-state index in [2.05, 4.69) is 4.99 Å². The van der Waals surface area contributed by atoms with Crippen LogP contribution < -0.4 is 5.49 Å². The molecule has 2 N–H and O–H groups in total. The minimum absolute atomic E-state index is 0.715. The predicted molar refractivity (Wildman–Crippen MR) is 76.5 cm³/mol.